The molecule has 1 saturated heterocycles. The zero-order valence-electron chi connectivity index (χ0n) is 17.8. The summed E-state index contributed by atoms with van der Waals surface area (Å²) in [5.74, 6) is 0.104. The summed E-state index contributed by atoms with van der Waals surface area (Å²) in [5, 5.41) is 5.59. The standard InChI is InChI=1S/C23H31N3O4/c1-23(14-12-18-8-10-19(30-2)11-9-18)21(28)26(22(29)25-23)16-20(27)24-15-13-17-6-4-3-5-7-17/h6,8-11H,3-5,7,12-16H2,1-2H3,(H,24,27)(H,25,29). The number of hydrogen-bond acceptors (Lipinski definition) is 4. The number of nitrogens with one attached hydrogen (secondary N) is 2. The van der Waals surface area contributed by atoms with Crippen LogP contribution >= 0.6 is 0 Å². The first kappa shape index (κ1) is 21.9. The highest BCUT2D eigenvalue weighted by molar-refractivity contribution is 6.08. The third-order valence-electron chi connectivity index (χ3n) is 5.87. The molecule has 0 bridgehead atoms. The van der Waals surface area contributed by atoms with Crippen molar-refractivity contribution in [3.05, 3.63) is 41.5 Å². The average molecular weight is 414 g/mol. The minimum Gasteiger partial charge on any atom is -0.497 e. The maximum absolute atomic E-state index is 12.8. The summed E-state index contributed by atoms with van der Waals surface area (Å²) in [6.45, 7) is 2.00. The van der Waals surface area contributed by atoms with Gasteiger partial charge < -0.3 is 15.4 Å². The molecule has 7 nitrogen and oxygen atoms in total. The van der Waals surface area contributed by atoms with Crippen LogP contribution in [0.3, 0.4) is 0 Å². The molecule has 7 heteroatoms. The van der Waals surface area contributed by atoms with Gasteiger partial charge in [0, 0.05) is 6.54 Å². The van der Waals surface area contributed by atoms with E-state index in [-0.39, 0.29) is 18.4 Å². The third kappa shape index (κ3) is 5.40. The largest absolute Gasteiger partial charge is 0.497 e. The fourth-order valence-electron chi connectivity index (χ4n) is 3.94. The molecule has 1 aromatic rings. The van der Waals surface area contributed by atoms with Crippen LogP contribution in [0.25, 0.3) is 0 Å². The molecule has 0 saturated carbocycles. The summed E-state index contributed by atoms with van der Waals surface area (Å²) in [6, 6.07) is 7.11. The Morgan fingerprint density at radius 1 is 1.20 bits per heavy atom. The van der Waals surface area contributed by atoms with Gasteiger partial charge in [0.15, 0.2) is 0 Å². The molecular formula is C23H31N3O4. The second-order valence-electron chi connectivity index (χ2n) is 8.21. The van der Waals surface area contributed by atoms with Crippen molar-refractivity contribution in [3.63, 3.8) is 0 Å². The Morgan fingerprint density at radius 2 is 1.97 bits per heavy atom. The number of rotatable bonds is 9. The topological polar surface area (TPSA) is 87.7 Å². The molecule has 0 radical (unpaired) electrons. The number of amides is 4. The molecule has 30 heavy (non-hydrogen) atoms. The molecular weight excluding hydrogens is 382 g/mol. The highest BCUT2D eigenvalue weighted by Crippen LogP contribution is 2.24. The predicted octanol–water partition coefficient (Wildman–Crippen LogP) is 2.95. The van der Waals surface area contributed by atoms with Crippen molar-refractivity contribution in [2.45, 2.75) is 57.4 Å². The van der Waals surface area contributed by atoms with Gasteiger partial charge in [-0.25, -0.2) is 4.79 Å². The van der Waals surface area contributed by atoms with Crippen LogP contribution in [0.1, 0.15) is 51.0 Å². The molecule has 1 aliphatic heterocycles. The molecule has 1 heterocycles. The van der Waals surface area contributed by atoms with E-state index in [1.807, 2.05) is 24.3 Å². The number of carbonyl (C=O) groups is 3. The number of hydrogen-bond donors (Lipinski definition) is 2. The Bertz CT molecular complexity index is 818. The molecule has 1 fully saturated rings. The van der Waals surface area contributed by atoms with Crippen LogP contribution in [0.5, 0.6) is 5.75 Å². The summed E-state index contributed by atoms with van der Waals surface area (Å²) in [5.41, 5.74) is 1.42. The number of carbonyl (C=O) groups excluding carboxylic acids is 3. The van der Waals surface area contributed by atoms with E-state index in [1.54, 1.807) is 14.0 Å². The summed E-state index contributed by atoms with van der Waals surface area (Å²) < 4.78 is 5.15. The van der Waals surface area contributed by atoms with Gasteiger partial charge in [-0.2, -0.15) is 0 Å². The molecule has 1 unspecified atom stereocenters. The Kier molecular flexibility index (Phi) is 7.13. The van der Waals surface area contributed by atoms with Crippen molar-refractivity contribution in [1.29, 1.82) is 0 Å². The van der Waals surface area contributed by atoms with E-state index in [0.717, 1.165) is 35.5 Å². The van der Waals surface area contributed by atoms with Crippen LogP contribution in [0, 0.1) is 0 Å². The van der Waals surface area contributed by atoms with Gasteiger partial charge in [-0.1, -0.05) is 23.8 Å². The molecule has 1 aliphatic carbocycles. The van der Waals surface area contributed by atoms with Gasteiger partial charge in [-0.15, -0.1) is 0 Å². The molecule has 0 spiro atoms. The third-order valence-corrected chi connectivity index (χ3v) is 5.87. The first-order chi connectivity index (χ1) is 14.4. The summed E-state index contributed by atoms with van der Waals surface area (Å²) >= 11 is 0. The van der Waals surface area contributed by atoms with E-state index in [1.165, 1.54) is 18.4 Å². The van der Waals surface area contributed by atoms with Crippen molar-refractivity contribution in [2.75, 3.05) is 20.2 Å². The maximum Gasteiger partial charge on any atom is 0.325 e. The summed E-state index contributed by atoms with van der Waals surface area (Å²) in [4.78, 5) is 38.5. The van der Waals surface area contributed by atoms with Crippen LogP contribution in [0.4, 0.5) is 4.79 Å². The predicted molar refractivity (Wildman–Crippen MR) is 114 cm³/mol. The number of imide groups is 1. The molecule has 4 amide bonds. The lowest BCUT2D eigenvalue weighted by Gasteiger charge is -2.21. The number of allylic oxidation sites excluding steroid dienone is 1. The van der Waals surface area contributed by atoms with E-state index in [0.29, 0.717) is 19.4 Å². The van der Waals surface area contributed by atoms with Gasteiger partial charge in [0.25, 0.3) is 5.91 Å². The van der Waals surface area contributed by atoms with Gasteiger partial charge in [-0.3, -0.25) is 14.5 Å². The van der Waals surface area contributed by atoms with Crippen LogP contribution in [0.15, 0.2) is 35.9 Å². The second-order valence-corrected chi connectivity index (χ2v) is 8.21. The highest BCUT2D eigenvalue weighted by Gasteiger charge is 2.47. The fraction of sp³-hybridized carbons (Fsp3) is 0.522. The van der Waals surface area contributed by atoms with Gasteiger partial charge in [-0.05, 0) is 69.6 Å². The van der Waals surface area contributed by atoms with Gasteiger partial charge in [0.05, 0.1) is 7.11 Å². The Hall–Kier alpha value is -2.83. The first-order valence-corrected chi connectivity index (χ1v) is 10.6. The normalized spacial score (nSPS) is 21.3. The number of ether oxygens (including phenoxy) is 1. The zero-order chi connectivity index (χ0) is 21.6. The first-order valence-electron chi connectivity index (χ1n) is 10.6. The summed E-state index contributed by atoms with van der Waals surface area (Å²) in [6.07, 6.45) is 8.80. The monoisotopic (exact) mass is 413 g/mol. The number of aryl methyl sites for hydroxylation is 1. The van der Waals surface area contributed by atoms with Crippen LogP contribution in [-0.2, 0) is 16.0 Å². The lowest BCUT2D eigenvalue weighted by molar-refractivity contribution is -0.134. The number of benzene rings is 1. The van der Waals surface area contributed by atoms with Gasteiger partial charge >= 0.3 is 6.03 Å². The van der Waals surface area contributed by atoms with Crippen LogP contribution in [0.2, 0.25) is 0 Å². The highest BCUT2D eigenvalue weighted by atomic mass is 16.5. The maximum atomic E-state index is 12.8. The van der Waals surface area contributed by atoms with Crippen molar-refractivity contribution in [2.24, 2.45) is 0 Å². The molecule has 2 N–H and O–H groups in total. The van der Waals surface area contributed by atoms with Gasteiger partial charge in [0.2, 0.25) is 5.91 Å². The van der Waals surface area contributed by atoms with Crippen molar-refractivity contribution < 1.29 is 19.1 Å². The fourth-order valence-corrected chi connectivity index (χ4v) is 3.94. The average Bonchev–Trinajstić information content (AvgIpc) is 2.97. The Morgan fingerprint density at radius 3 is 2.63 bits per heavy atom. The van der Waals surface area contributed by atoms with E-state index < -0.39 is 11.6 Å². The molecule has 162 valence electrons. The van der Waals surface area contributed by atoms with Crippen LogP contribution in [-0.4, -0.2) is 48.5 Å². The zero-order valence-corrected chi connectivity index (χ0v) is 17.8. The molecule has 0 aromatic heterocycles. The molecule has 2 aliphatic rings. The molecule has 3 rings (SSSR count). The van der Waals surface area contributed by atoms with E-state index in [2.05, 4.69) is 16.7 Å². The number of nitrogens with zero attached hydrogens (tertiary/aromatic N) is 1. The number of methoxy groups -OCH3 is 1. The van der Waals surface area contributed by atoms with E-state index in [4.69, 9.17) is 4.74 Å². The SMILES string of the molecule is COc1ccc(CCC2(C)NC(=O)N(CC(=O)NCCC3=CCCCC3)C2=O)cc1. The van der Waals surface area contributed by atoms with Gasteiger partial charge in [0.1, 0.15) is 17.8 Å². The van der Waals surface area contributed by atoms with Crippen molar-refractivity contribution in [1.82, 2.24) is 15.5 Å². The quantitative estimate of drug-likeness (QED) is 0.481. The number of urea groups is 1. The Labute approximate surface area is 177 Å². The van der Waals surface area contributed by atoms with E-state index >= 15 is 0 Å². The minimum absolute atomic E-state index is 0.248. The van der Waals surface area contributed by atoms with Crippen LogP contribution < -0.4 is 15.4 Å². The lowest BCUT2D eigenvalue weighted by atomic mass is 9.93. The van der Waals surface area contributed by atoms with E-state index in [9.17, 15) is 14.4 Å². The van der Waals surface area contributed by atoms with Crippen molar-refractivity contribution >= 4 is 17.8 Å². The smallest absolute Gasteiger partial charge is 0.325 e. The summed E-state index contributed by atoms with van der Waals surface area (Å²) in [7, 11) is 1.61. The second kappa shape index (κ2) is 9.78. The molecule has 1 aromatic carbocycles. The Balaban J connectivity index is 1.48. The lowest BCUT2D eigenvalue weighted by Crippen LogP contribution is -2.45. The minimum atomic E-state index is -1.01. The molecule has 1 atom stereocenters. The van der Waals surface area contributed by atoms with Crippen molar-refractivity contribution in [3.8, 4) is 5.75 Å².